The van der Waals surface area contributed by atoms with Crippen LogP contribution in [0.3, 0.4) is 0 Å². The minimum Gasteiger partial charge on any atom is -0.493 e. The third kappa shape index (κ3) is 3.86. The van der Waals surface area contributed by atoms with Gasteiger partial charge in [0.15, 0.2) is 11.5 Å². The Labute approximate surface area is 116 Å². The molecule has 0 aliphatic carbocycles. The summed E-state index contributed by atoms with van der Waals surface area (Å²) in [5, 5.41) is 13.3. The molecule has 0 amide bonds. The van der Waals surface area contributed by atoms with Crippen LogP contribution in [0.1, 0.15) is 25.0 Å². The van der Waals surface area contributed by atoms with Crippen molar-refractivity contribution in [1.82, 2.24) is 5.32 Å². The largest absolute Gasteiger partial charge is 0.493 e. The van der Waals surface area contributed by atoms with Gasteiger partial charge in [-0.25, -0.2) is 0 Å². The molecule has 0 heterocycles. The average Bonchev–Trinajstić information content (AvgIpc) is 2.38. The van der Waals surface area contributed by atoms with Gasteiger partial charge in [0.1, 0.15) is 0 Å². The molecule has 1 rings (SSSR count). The smallest absolute Gasteiger partial charge is 0.161 e. The lowest BCUT2D eigenvalue weighted by Crippen LogP contribution is -2.22. The average molecular weight is 318 g/mol. The monoisotopic (exact) mass is 317 g/mol. The highest BCUT2D eigenvalue weighted by molar-refractivity contribution is 9.10. The first kappa shape index (κ1) is 15.3. The summed E-state index contributed by atoms with van der Waals surface area (Å²) in [6.45, 7) is 3.50. The molecule has 2 N–H and O–H groups in total. The molecule has 1 aromatic rings. The fraction of sp³-hybridized carbons (Fsp3) is 0.538. The van der Waals surface area contributed by atoms with Crippen molar-refractivity contribution in [2.75, 3.05) is 27.3 Å². The van der Waals surface area contributed by atoms with Crippen molar-refractivity contribution in [3.8, 4) is 11.5 Å². The molecule has 0 fully saturated rings. The second-order valence-corrected chi connectivity index (χ2v) is 4.80. The van der Waals surface area contributed by atoms with Crippen molar-refractivity contribution in [3.63, 3.8) is 0 Å². The number of rotatable bonds is 7. The number of nitrogens with one attached hydrogen (secondary N) is 1. The molecule has 0 radical (unpaired) electrons. The van der Waals surface area contributed by atoms with Crippen molar-refractivity contribution >= 4 is 15.9 Å². The van der Waals surface area contributed by atoms with E-state index in [1.165, 1.54) is 0 Å². The van der Waals surface area contributed by atoms with Gasteiger partial charge < -0.3 is 19.9 Å². The highest BCUT2D eigenvalue weighted by Crippen LogP contribution is 2.35. The Kier molecular flexibility index (Phi) is 6.46. The van der Waals surface area contributed by atoms with Gasteiger partial charge in [0, 0.05) is 11.0 Å². The van der Waals surface area contributed by atoms with E-state index in [1.807, 2.05) is 0 Å². The van der Waals surface area contributed by atoms with Gasteiger partial charge in [-0.05, 0) is 30.7 Å². The lowest BCUT2D eigenvalue weighted by Gasteiger charge is -2.16. The summed E-state index contributed by atoms with van der Waals surface area (Å²) >= 11 is 3.44. The van der Waals surface area contributed by atoms with E-state index in [0.29, 0.717) is 18.0 Å². The Morgan fingerprint density at radius 2 is 1.89 bits per heavy atom. The summed E-state index contributed by atoms with van der Waals surface area (Å²) in [6, 6.07) is 3.60. The van der Waals surface area contributed by atoms with Crippen molar-refractivity contribution in [1.29, 1.82) is 0 Å². The van der Waals surface area contributed by atoms with Gasteiger partial charge in [-0.2, -0.15) is 0 Å². The Bertz CT molecular complexity index is 385. The van der Waals surface area contributed by atoms with E-state index in [2.05, 4.69) is 28.2 Å². The lowest BCUT2D eigenvalue weighted by molar-refractivity contribution is 0.173. The number of hydrogen-bond donors (Lipinski definition) is 2. The maximum absolute atomic E-state index is 10.1. The minimum atomic E-state index is -0.578. The first-order chi connectivity index (χ1) is 8.63. The summed E-state index contributed by atoms with van der Waals surface area (Å²) in [4.78, 5) is 0. The van der Waals surface area contributed by atoms with E-state index >= 15 is 0 Å². The molecule has 0 saturated carbocycles. The van der Waals surface area contributed by atoms with Crippen molar-refractivity contribution in [2.45, 2.75) is 19.4 Å². The van der Waals surface area contributed by atoms with Crippen LogP contribution >= 0.6 is 15.9 Å². The minimum absolute atomic E-state index is 0.516. The molecule has 0 spiro atoms. The molecule has 1 atom stereocenters. The van der Waals surface area contributed by atoms with E-state index < -0.39 is 6.10 Å². The van der Waals surface area contributed by atoms with Gasteiger partial charge in [-0.15, -0.1) is 0 Å². The summed E-state index contributed by atoms with van der Waals surface area (Å²) in [6.07, 6.45) is 0.463. The molecule has 18 heavy (non-hydrogen) atoms. The van der Waals surface area contributed by atoms with Crippen LogP contribution in [0.4, 0.5) is 0 Å². The third-order valence-corrected chi connectivity index (χ3v) is 3.31. The van der Waals surface area contributed by atoms with Crippen molar-refractivity contribution in [3.05, 3.63) is 22.2 Å². The summed E-state index contributed by atoms with van der Waals surface area (Å²) in [7, 11) is 3.17. The second kappa shape index (κ2) is 7.61. The van der Waals surface area contributed by atoms with Crippen molar-refractivity contribution < 1.29 is 14.6 Å². The van der Waals surface area contributed by atoms with Crippen LogP contribution in [0.5, 0.6) is 11.5 Å². The van der Waals surface area contributed by atoms with Gasteiger partial charge in [0.25, 0.3) is 0 Å². The van der Waals surface area contributed by atoms with E-state index in [4.69, 9.17) is 9.47 Å². The summed E-state index contributed by atoms with van der Waals surface area (Å²) in [5.74, 6) is 1.26. The zero-order valence-electron chi connectivity index (χ0n) is 11.0. The number of ether oxygens (including phenoxy) is 2. The maximum atomic E-state index is 10.1. The van der Waals surface area contributed by atoms with Crippen LogP contribution in [0.2, 0.25) is 0 Å². The molecule has 0 aliphatic rings. The van der Waals surface area contributed by atoms with Crippen molar-refractivity contribution in [2.24, 2.45) is 0 Å². The third-order valence-electron chi connectivity index (χ3n) is 2.63. The normalized spacial score (nSPS) is 12.3. The van der Waals surface area contributed by atoms with E-state index in [0.717, 1.165) is 23.0 Å². The Morgan fingerprint density at radius 1 is 1.28 bits per heavy atom. The van der Waals surface area contributed by atoms with Crippen LogP contribution in [-0.4, -0.2) is 32.4 Å². The predicted molar refractivity (Wildman–Crippen MR) is 75.4 cm³/mol. The molecule has 102 valence electrons. The Balaban J connectivity index is 2.87. The first-order valence-corrected chi connectivity index (χ1v) is 6.73. The Hall–Kier alpha value is -0.780. The fourth-order valence-electron chi connectivity index (χ4n) is 1.65. The molecule has 0 aromatic heterocycles. The fourth-order valence-corrected chi connectivity index (χ4v) is 2.24. The maximum Gasteiger partial charge on any atom is 0.161 e. The Morgan fingerprint density at radius 3 is 2.44 bits per heavy atom. The molecule has 5 heteroatoms. The molecule has 0 aliphatic heterocycles. The van der Waals surface area contributed by atoms with E-state index in [9.17, 15) is 5.11 Å². The molecule has 0 saturated heterocycles. The zero-order chi connectivity index (χ0) is 13.5. The van der Waals surface area contributed by atoms with Gasteiger partial charge in [0.05, 0.1) is 20.3 Å². The van der Waals surface area contributed by atoms with Gasteiger partial charge in [-0.1, -0.05) is 22.9 Å². The van der Waals surface area contributed by atoms with Crippen LogP contribution < -0.4 is 14.8 Å². The SMILES string of the molecule is CCCNCC(O)c1cc(OC)c(OC)cc1Br. The predicted octanol–water partition coefficient (Wildman–Crippen LogP) is 2.50. The standard InChI is InChI=1S/C13H20BrNO3/c1-4-5-15-8-11(16)9-6-12(17-2)13(18-3)7-10(9)14/h6-7,11,15-16H,4-5,8H2,1-3H3. The number of aliphatic hydroxyl groups excluding tert-OH is 1. The molecule has 1 unspecified atom stereocenters. The molecule has 0 bridgehead atoms. The highest BCUT2D eigenvalue weighted by Gasteiger charge is 2.15. The first-order valence-electron chi connectivity index (χ1n) is 5.94. The number of methoxy groups -OCH3 is 2. The number of benzene rings is 1. The van der Waals surface area contributed by atoms with Crippen LogP contribution in [0, 0.1) is 0 Å². The van der Waals surface area contributed by atoms with Gasteiger partial charge >= 0.3 is 0 Å². The topological polar surface area (TPSA) is 50.7 Å². The van der Waals surface area contributed by atoms with Gasteiger partial charge in [-0.3, -0.25) is 0 Å². The van der Waals surface area contributed by atoms with E-state index in [-0.39, 0.29) is 0 Å². The molecule has 4 nitrogen and oxygen atoms in total. The molecular formula is C13H20BrNO3. The number of halogens is 1. The summed E-state index contributed by atoms with van der Waals surface area (Å²) in [5.41, 5.74) is 0.788. The number of hydrogen-bond acceptors (Lipinski definition) is 4. The van der Waals surface area contributed by atoms with E-state index in [1.54, 1.807) is 26.4 Å². The zero-order valence-corrected chi connectivity index (χ0v) is 12.6. The quantitative estimate of drug-likeness (QED) is 0.759. The second-order valence-electron chi connectivity index (χ2n) is 3.95. The van der Waals surface area contributed by atoms with Gasteiger partial charge in [0.2, 0.25) is 0 Å². The van der Waals surface area contributed by atoms with Crippen LogP contribution in [0.25, 0.3) is 0 Å². The lowest BCUT2D eigenvalue weighted by atomic mass is 10.1. The van der Waals surface area contributed by atoms with Crippen LogP contribution in [-0.2, 0) is 0 Å². The van der Waals surface area contributed by atoms with Crippen LogP contribution in [0.15, 0.2) is 16.6 Å². The molecule has 1 aromatic carbocycles. The molecular weight excluding hydrogens is 298 g/mol. The number of aliphatic hydroxyl groups is 1. The summed E-state index contributed by atoms with van der Waals surface area (Å²) < 4.78 is 11.2. The highest BCUT2D eigenvalue weighted by atomic mass is 79.9.